The molecule has 0 saturated heterocycles. The van der Waals surface area contributed by atoms with E-state index >= 15 is 0 Å². The molecule has 0 spiro atoms. The van der Waals surface area contributed by atoms with E-state index in [4.69, 9.17) is 9.47 Å². The van der Waals surface area contributed by atoms with Crippen molar-refractivity contribution in [3.8, 4) is 22.8 Å². The summed E-state index contributed by atoms with van der Waals surface area (Å²) >= 11 is 0. The first-order valence-corrected chi connectivity index (χ1v) is 11.1. The van der Waals surface area contributed by atoms with Gasteiger partial charge in [0, 0.05) is 27.6 Å². The van der Waals surface area contributed by atoms with Gasteiger partial charge in [0.1, 0.15) is 18.0 Å². The minimum atomic E-state index is -1.02. The van der Waals surface area contributed by atoms with Crippen molar-refractivity contribution in [2.24, 2.45) is 0 Å². The van der Waals surface area contributed by atoms with Crippen molar-refractivity contribution in [2.45, 2.75) is 31.7 Å². The van der Waals surface area contributed by atoms with Crippen LogP contribution in [0.2, 0.25) is 0 Å². The predicted molar refractivity (Wildman–Crippen MR) is 124 cm³/mol. The molecule has 3 aromatic rings. The van der Waals surface area contributed by atoms with E-state index in [1.54, 1.807) is 14.2 Å². The zero-order chi connectivity index (χ0) is 23.1. The fourth-order valence-electron chi connectivity index (χ4n) is 5.26. The van der Waals surface area contributed by atoms with E-state index in [0.29, 0.717) is 17.9 Å². The van der Waals surface area contributed by atoms with Gasteiger partial charge in [-0.2, -0.15) is 0 Å². The summed E-state index contributed by atoms with van der Waals surface area (Å²) < 4.78 is 11.1. The van der Waals surface area contributed by atoms with Crippen LogP contribution in [-0.4, -0.2) is 47.6 Å². The number of ether oxygens (including phenoxy) is 2. The lowest BCUT2D eigenvalue weighted by molar-refractivity contribution is -0.143. The molecule has 7 nitrogen and oxygen atoms in total. The van der Waals surface area contributed by atoms with E-state index in [1.807, 2.05) is 42.5 Å². The Labute approximate surface area is 191 Å². The molecule has 170 valence electrons. The van der Waals surface area contributed by atoms with E-state index in [0.717, 1.165) is 58.1 Å². The van der Waals surface area contributed by atoms with Crippen LogP contribution in [0.5, 0.6) is 11.5 Å². The van der Waals surface area contributed by atoms with Crippen LogP contribution in [0.15, 0.2) is 53.6 Å². The maximum Gasteiger partial charge on any atom is 0.323 e. The van der Waals surface area contributed by atoms with Gasteiger partial charge in [-0.25, -0.2) is 0 Å². The fraction of sp³-hybridized carbons (Fsp3) is 0.308. The third-order valence-electron chi connectivity index (χ3n) is 6.67. The summed E-state index contributed by atoms with van der Waals surface area (Å²) in [5.41, 5.74) is 5.25. The number of benzene rings is 2. The highest BCUT2D eigenvalue weighted by Gasteiger charge is 2.43. The van der Waals surface area contributed by atoms with Crippen LogP contribution in [0.3, 0.4) is 0 Å². The molecule has 2 N–H and O–H groups in total. The average molecular weight is 447 g/mol. The van der Waals surface area contributed by atoms with Crippen LogP contribution >= 0.6 is 0 Å². The van der Waals surface area contributed by atoms with Crippen LogP contribution < -0.4 is 9.47 Å². The van der Waals surface area contributed by atoms with Crippen LogP contribution in [0.25, 0.3) is 22.2 Å². The Morgan fingerprint density at radius 2 is 1.91 bits per heavy atom. The molecule has 2 aromatic carbocycles. The van der Waals surface area contributed by atoms with Crippen molar-refractivity contribution in [3.63, 3.8) is 0 Å². The molecular formula is C26H26N2O5. The molecule has 1 atom stereocenters. The van der Waals surface area contributed by atoms with Crippen molar-refractivity contribution in [1.82, 2.24) is 9.88 Å². The van der Waals surface area contributed by atoms with Gasteiger partial charge in [0.05, 0.1) is 26.0 Å². The summed E-state index contributed by atoms with van der Waals surface area (Å²) in [6, 6.07) is 13.1. The number of hydrogen-bond donors (Lipinski definition) is 2. The number of H-pyrrole nitrogens is 1. The number of fused-ring (bicyclic) bond motifs is 1. The smallest absolute Gasteiger partial charge is 0.323 e. The van der Waals surface area contributed by atoms with Crippen LogP contribution in [0.1, 0.15) is 37.3 Å². The number of carboxylic acids is 1. The van der Waals surface area contributed by atoms with Crippen molar-refractivity contribution in [1.29, 1.82) is 0 Å². The second-order valence-electron chi connectivity index (χ2n) is 8.47. The zero-order valence-electron chi connectivity index (χ0n) is 18.7. The van der Waals surface area contributed by atoms with E-state index < -0.39 is 12.0 Å². The number of aromatic amines is 1. The number of nitrogens with zero attached hydrogens (tertiary/aromatic N) is 1. The monoisotopic (exact) mass is 446 g/mol. The Kier molecular flexibility index (Phi) is 5.32. The molecule has 1 aromatic heterocycles. The Bertz CT molecular complexity index is 1290. The highest BCUT2D eigenvalue weighted by molar-refractivity contribution is 6.02. The summed E-state index contributed by atoms with van der Waals surface area (Å²) in [6.45, 7) is -0.343. The normalized spacial score (nSPS) is 18.1. The van der Waals surface area contributed by atoms with E-state index in [2.05, 4.69) is 4.98 Å². The third-order valence-corrected chi connectivity index (χ3v) is 6.67. The van der Waals surface area contributed by atoms with Gasteiger partial charge in [-0.3, -0.25) is 9.59 Å². The van der Waals surface area contributed by atoms with Crippen molar-refractivity contribution in [2.75, 3.05) is 20.8 Å². The largest absolute Gasteiger partial charge is 0.497 e. The Morgan fingerprint density at radius 1 is 1.12 bits per heavy atom. The molecule has 1 amide bonds. The number of methoxy groups -OCH3 is 2. The number of aliphatic carboxylic acids is 1. The molecule has 0 saturated carbocycles. The topological polar surface area (TPSA) is 91.9 Å². The molecule has 1 aliphatic carbocycles. The Morgan fingerprint density at radius 3 is 2.67 bits per heavy atom. The molecule has 5 rings (SSSR count). The average Bonchev–Trinajstić information content (AvgIpc) is 3.33. The molecule has 2 aliphatic rings. The number of carbonyl (C=O) groups is 2. The maximum atomic E-state index is 13.3. The molecule has 1 aliphatic heterocycles. The molecule has 0 bridgehead atoms. The third kappa shape index (κ3) is 3.44. The molecular weight excluding hydrogens is 420 g/mol. The van der Waals surface area contributed by atoms with Gasteiger partial charge in [0.2, 0.25) is 0 Å². The van der Waals surface area contributed by atoms with Crippen LogP contribution in [0.4, 0.5) is 0 Å². The highest BCUT2D eigenvalue weighted by Crippen LogP contribution is 2.50. The summed E-state index contributed by atoms with van der Waals surface area (Å²) in [5, 5.41) is 10.6. The summed E-state index contributed by atoms with van der Waals surface area (Å²) in [7, 11) is 3.23. The number of aromatic nitrogens is 1. The molecule has 0 radical (unpaired) electrons. The Hall–Kier alpha value is -3.74. The van der Waals surface area contributed by atoms with Gasteiger partial charge >= 0.3 is 5.97 Å². The predicted octanol–water partition coefficient (Wildman–Crippen LogP) is 4.69. The van der Waals surface area contributed by atoms with Gasteiger partial charge in [0.15, 0.2) is 0 Å². The highest BCUT2D eigenvalue weighted by atomic mass is 16.5. The van der Waals surface area contributed by atoms with Gasteiger partial charge < -0.3 is 24.5 Å². The second kappa shape index (κ2) is 8.31. The van der Waals surface area contributed by atoms with Crippen LogP contribution in [0, 0.1) is 0 Å². The molecule has 1 unspecified atom stereocenters. The van der Waals surface area contributed by atoms with Crippen molar-refractivity contribution < 1.29 is 24.2 Å². The second-order valence-corrected chi connectivity index (χ2v) is 8.47. The zero-order valence-corrected chi connectivity index (χ0v) is 18.7. The minimum Gasteiger partial charge on any atom is -0.497 e. The molecule has 2 heterocycles. The summed E-state index contributed by atoms with van der Waals surface area (Å²) in [5.74, 6) is 0.160. The number of rotatable bonds is 6. The molecule has 7 heteroatoms. The van der Waals surface area contributed by atoms with Gasteiger partial charge in [-0.1, -0.05) is 18.2 Å². The molecule has 33 heavy (non-hydrogen) atoms. The Balaban J connectivity index is 1.80. The maximum absolute atomic E-state index is 13.3. The SMILES string of the molecule is COc1ccc(OC)c(-c2[nH]c3ccccc3c2C2C3=C(CCCC3)C(=O)N2CC(=O)O)c1. The quantitative estimate of drug-likeness (QED) is 0.573. The number of hydrogen-bond acceptors (Lipinski definition) is 4. The number of carboxylic acid groups (broad SMARTS) is 1. The van der Waals surface area contributed by atoms with E-state index in [1.165, 1.54) is 4.90 Å². The summed E-state index contributed by atoms with van der Waals surface area (Å²) in [6.07, 6.45) is 3.42. The first-order chi connectivity index (χ1) is 16.0. The standard InChI is InChI=1S/C26H26N2O5/c1-32-15-11-12-21(33-2)19(13-15)24-23(18-9-5-6-10-20(18)27-24)25-16-7-3-4-8-17(16)26(31)28(25)14-22(29)30/h5-6,9-13,25,27H,3-4,7-8,14H2,1-2H3,(H,29,30). The first-order valence-electron chi connectivity index (χ1n) is 11.1. The van der Waals surface area contributed by atoms with Crippen molar-refractivity contribution >= 4 is 22.8 Å². The van der Waals surface area contributed by atoms with Gasteiger partial charge in [-0.15, -0.1) is 0 Å². The van der Waals surface area contributed by atoms with E-state index in [-0.39, 0.29) is 12.5 Å². The van der Waals surface area contributed by atoms with Crippen LogP contribution in [-0.2, 0) is 9.59 Å². The van der Waals surface area contributed by atoms with Gasteiger partial charge in [-0.05, 0) is 55.5 Å². The summed E-state index contributed by atoms with van der Waals surface area (Å²) in [4.78, 5) is 30.1. The van der Waals surface area contributed by atoms with E-state index in [9.17, 15) is 14.7 Å². The van der Waals surface area contributed by atoms with Gasteiger partial charge in [0.25, 0.3) is 5.91 Å². The van der Waals surface area contributed by atoms with Crippen molar-refractivity contribution in [3.05, 3.63) is 59.2 Å². The lowest BCUT2D eigenvalue weighted by Crippen LogP contribution is -2.35. The minimum absolute atomic E-state index is 0.161. The number of carbonyl (C=O) groups excluding carboxylic acids is 1. The lowest BCUT2D eigenvalue weighted by Gasteiger charge is -2.27. The number of para-hydroxylation sites is 1. The molecule has 0 fully saturated rings. The fourth-order valence-corrected chi connectivity index (χ4v) is 5.26. The number of nitrogens with one attached hydrogen (secondary N) is 1. The first kappa shape index (κ1) is 21.1. The lowest BCUT2D eigenvalue weighted by atomic mass is 9.86. The number of amides is 1.